The first-order valence-corrected chi connectivity index (χ1v) is 6.28. The Hall–Kier alpha value is -1.77. The fraction of sp³-hybridized carbons (Fsp3) is 0.556. The quantitative estimate of drug-likeness (QED) is 0.440. The van der Waals surface area contributed by atoms with E-state index in [0.717, 1.165) is 0 Å². The Kier molecular flexibility index (Phi) is 5.43. The van der Waals surface area contributed by atoms with E-state index < -0.39 is 0 Å². The second-order valence-electron chi connectivity index (χ2n) is 3.52. The third kappa shape index (κ3) is 4.62. The standard InChI is InChI=1S/C9H16N6O2S/c1-6(16)11-3-4-12-7(17)5-18-9-14-13-8(10)15(9)2/h3-5H2,1-2H3,(H2,10,13)(H,11,16)(H,12,17). The zero-order valence-corrected chi connectivity index (χ0v) is 11.1. The van der Waals surface area contributed by atoms with E-state index in [0.29, 0.717) is 24.2 Å². The lowest BCUT2D eigenvalue weighted by atomic mass is 10.5. The first-order chi connectivity index (χ1) is 8.50. The number of nitrogens with one attached hydrogen (secondary N) is 2. The van der Waals surface area contributed by atoms with Crippen LogP contribution in [0.25, 0.3) is 0 Å². The minimum absolute atomic E-state index is 0.117. The number of aromatic nitrogens is 3. The summed E-state index contributed by atoms with van der Waals surface area (Å²) in [6.07, 6.45) is 0. The Labute approximate surface area is 109 Å². The van der Waals surface area contributed by atoms with Gasteiger partial charge in [0, 0.05) is 27.1 Å². The molecule has 8 nitrogen and oxygen atoms in total. The first kappa shape index (κ1) is 14.3. The van der Waals surface area contributed by atoms with E-state index in [1.54, 1.807) is 11.6 Å². The SMILES string of the molecule is CC(=O)NCCNC(=O)CSc1nnc(N)n1C. The Bertz CT molecular complexity index is 433. The van der Waals surface area contributed by atoms with Crippen LogP contribution in [0.15, 0.2) is 5.16 Å². The summed E-state index contributed by atoms with van der Waals surface area (Å²) in [4.78, 5) is 22.0. The fourth-order valence-corrected chi connectivity index (χ4v) is 1.82. The second-order valence-corrected chi connectivity index (χ2v) is 4.46. The van der Waals surface area contributed by atoms with Gasteiger partial charge in [-0.2, -0.15) is 0 Å². The van der Waals surface area contributed by atoms with Crippen molar-refractivity contribution >= 4 is 29.5 Å². The third-order valence-electron chi connectivity index (χ3n) is 2.02. The smallest absolute Gasteiger partial charge is 0.230 e. The van der Waals surface area contributed by atoms with E-state index in [4.69, 9.17) is 5.73 Å². The number of rotatable bonds is 6. The summed E-state index contributed by atoms with van der Waals surface area (Å²) in [6, 6.07) is 0. The molecular formula is C9H16N6O2S. The van der Waals surface area contributed by atoms with Gasteiger partial charge >= 0.3 is 0 Å². The third-order valence-corrected chi connectivity index (χ3v) is 3.04. The zero-order valence-electron chi connectivity index (χ0n) is 10.3. The Balaban J connectivity index is 2.21. The predicted molar refractivity (Wildman–Crippen MR) is 67.8 cm³/mol. The van der Waals surface area contributed by atoms with Crippen molar-refractivity contribution < 1.29 is 9.59 Å². The maximum atomic E-state index is 11.4. The Morgan fingerprint density at radius 2 is 2.00 bits per heavy atom. The van der Waals surface area contributed by atoms with Gasteiger partial charge in [-0.15, -0.1) is 10.2 Å². The van der Waals surface area contributed by atoms with Crippen LogP contribution in [0.1, 0.15) is 6.92 Å². The molecule has 0 atom stereocenters. The lowest BCUT2D eigenvalue weighted by Crippen LogP contribution is -2.34. The van der Waals surface area contributed by atoms with E-state index in [-0.39, 0.29) is 17.6 Å². The van der Waals surface area contributed by atoms with Crippen LogP contribution < -0.4 is 16.4 Å². The number of carbonyl (C=O) groups is 2. The molecule has 1 heterocycles. The van der Waals surface area contributed by atoms with Crippen molar-refractivity contribution in [3.63, 3.8) is 0 Å². The molecular weight excluding hydrogens is 256 g/mol. The van der Waals surface area contributed by atoms with Gasteiger partial charge in [0.1, 0.15) is 0 Å². The van der Waals surface area contributed by atoms with Crippen molar-refractivity contribution in [2.45, 2.75) is 12.1 Å². The first-order valence-electron chi connectivity index (χ1n) is 5.29. The minimum atomic E-state index is -0.132. The summed E-state index contributed by atoms with van der Waals surface area (Å²) in [7, 11) is 1.73. The molecule has 2 amide bonds. The topological polar surface area (TPSA) is 115 Å². The number of nitrogens with zero attached hydrogens (tertiary/aromatic N) is 3. The molecule has 9 heteroatoms. The van der Waals surface area contributed by atoms with Gasteiger partial charge in [0.15, 0.2) is 5.16 Å². The summed E-state index contributed by atoms with van der Waals surface area (Å²) in [5, 5.41) is 13.3. The molecule has 4 N–H and O–H groups in total. The van der Waals surface area contributed by atoms with Gasteiger partial charge in [-0.25, -0.2) is 0 Å². The molecule has 0 saturated heterocycles. The number of hydrogen-bond acceptors (Lipinski definition) is 6. The number of nitrogens with two attached hydrogens (primary N) is 1. The van der Waals surface area contributed by atoms with Crippen LogP contribution in [-0.2, 0) is 16.6 Å². The molecule has 1 rings (SSSR count). The van der Waals surface area contributed by atoms with Gasteiger partial charge in [-0.05, 0) is 0 Å². The highest BCUT2D eigenvalue weighted by molar-refractivity contribution is 7.99. The van der Waals surface area contributed by atoms with Crippen molar-refractivity contribution in [2.75, 3.05) is 24.6 Å². The van der Waals surface area contributed by atoms with Crippen molar-refractivity contribution in [1.82, 2.24) is 25.4 Å². The highest BCUT2D eigenvalue weighted by Crippen LogP contribution is 2.15. The summed E-state index contributed by atoms with van der Waals surface area (Å²) < 4.78 is 1.61. The molecule has 1 aromatic rings. The lowest BCUT2D eigenvalue weighted by Gasteiger charge is -2.05. The van der Waals surface area contributed by atoms with E-state index in [2.05, 4.69) is 20.8 Å². The second kappa shape index (κ2) is 6.84. The van der Waals surface area contributed by atoms with Crippen LogP contribution in [0, 0.1) is 0 Å². The molecule has 0 aliphatic rings. The average molecular weight is 272 g/mol. The highest BCUT2D eigenvalue weighted by Gasteiger charge is 2.08. The summed E-state index contributed by atoms with van der Waals surface area (Å²) in [6.45, 7) is 2.25. The Morgan fingerprint density at radius 3 is 2.56 bits per heavy atom. The Morgan fingerprint density at radius 1 is 1.33 bits per heavy atom. The number of anilines is 1. The van der Waals surface area contributed by atoms with Gasteiger partial charge in [-0.1, -0.05) is 11.8 Å². The largest absolute Gasteiger partial charge is 0.368 e. The maximum Gasteiger partial charge on any atom is 0.230 e. The van der Waals surface area contributed by atoms with Crippen molar-refractivity contribution in [3.05, 3.63) is 0 Å². The van der Waals surface area contributed by atoms with Gasteiger partial charge in [0.05, 0.1) is 5.75 Å². The van der Waals surface area contributed by atoms with Crippen LogP contribution in [0.3, 0.4) is 0 Å². The van der Waals surface area contributed by atoms with Crippen LogP contribution in [0.5, 0.6) is 0 Å². The van der Waals surface area contributed by atoms with Crippen LogP contribution in [0.2, 0.25) is 0 Å². The van der Waals surface area contributed by atoms with E-state index >= 15 is 0 Å². The molecule has 100 valence electrons. The molecule has 0 unspecified atom stereocenters. The van der Waals surface area contributed by atoms with Gasteiger partial charge in [0.25, 0.3) is 0 Å². The van der Waals surface area contributed by atoms with Crippen LogP contribution >= 0.6 is 11.8 Å². The van der Waals surface area contributed by atoms with Crippen molar-refractivity contribution in [3.8, 4) is 0 Å². The maximum absolute atomic E-state index is 11.4. The van der Waals surface area contributed by atoms with Crippen LogP contribution in [0.4, 0.5) is 5.95 Å². The predicted octanol–water partition coefficient (Wildman–Crippen LogP) is -1.26. The molecule has 1 aromatic heterocycles. The zero-order chi connectivity index (χ0) is 13.5. The average Bonchev–Trinajstić information content (AvgIpc) is 2.63. The molecule has 0 fully saturated rings. The van der Waals surface area contributed by atoms with Gasteiger partial charge in [0.2, 0.25) is 17.8 Å². The molecule has 0 aliphatic heterocycles. The highest BCUT2D eigenvalue weighted by atomic mass is 32.2. The molecule has 0 aromatic carbocycles. The number of nitrogen functional groups attached to an aromatic ring is 1. The fourth-order valence-electron chi connectivity index (χ4n) is 1.07. The molecule has 0 aliphatic carbocycles. The molecule has 0 radical (unpaired) electrons. The van der Waals surface area contributed by atoms with Gasteiger partial charge < -0.3 is 16.4 Å². The van der Waals surface area contributed by atoms with Gasteiger partial charge in [-0.3, -0.25) is 14.2 Å². The number of carbonyl (C=O) groups excluding carboxylic acids is 2. The number of amides is 2. The summed E-state index contributed by atoms with van der Waals surface area (Å²) >= 11 is 1.25. The van der Waals surface area contributed by atoms with E-state index in [9.17, 15) is 9.59 Å². The normalized spacial score (nSPS) is 10.1. The molecule has 18 heavy (non-hydrogen) atoms. The minimum Gasteiger partial charge on any atom is -0.368 e. The van der Waals surface area contributed by atoms with E-state index in [1.807, 2.05) is 0 Å². The molecule has 0 saturated carbocycles. The van der Waals surface area contributed by atoms with Crippen molar-refractivity contribution in [1.29, 1.82) is 0 Å². The van der Waals surface area contributed by atoms with E-state index in [1.165, 1.54) is 18.7 Å². The van der Waals surface area contributed by atoms with Crippen molar-refractivity contribution in [2.24, 2.45) is 7.05 Å². The number of thioether (sulfide) groups is 1. The van der Waals surface area contributed by atoms with Crippen LogP contribution in [-0.4, -0.2) is 45.4 Å². The summed E-state index contributed by atoms with van der Waals surface area (Å²) in [5.41, 5.74) is 5.51. The number of hydrogen-bond donors (Lipinski definition) is 3. The summed E-state index contributed by atoms with van der Waals surface area (Å²) in [5.74, 6) is 0.287. The lowest BCUT2D eigenvalue weighted by molar-refractivity contribution is -0.120. The monoisotopic (exact) mass is 272 g/mol. The molecule has 0 spiro atoms. The molecule has 0 bridgehead atoms.